The Kier molecular flexibility index (Phi) is 14.8. The maximum Gasteiger partial charge on any atom is 0.235 e. The summed E-state index contributed by atoms with van der Waals surface area (Å²) in [5.41, 5.74) is 0. The molecular weight excluding hydrogens is 306 g/mol. The Morgan fingerprint density at radius 2 is 1.62 bits per heavy atom. The molecule has 1 atom stereocenters. The van der Waals surface area contributed by atoms with Gasteiger partial charge in [0.05, 0.1) is 19.1 Å². The van der Waals surface area contributed by atoms with Crippen molar-refractivity contribution < 1.29 is 14.4 Å². The van der Waals surface area contributed by atoms with Gasteiger partial charge < -0.3 is 0 Å². The molecule has 0 spiro atoms. The van der Waals surface area contributed by atoms with E-state index < -0.39 is 0 Å². The molecule has 1 aliphatic carbocycles. The van der Waals surface area contributed by atoms with Crippen molar-refractivity contribution in [3.8, 4) is 0 Å². The second kappa shape index (κ2) is 16.0. The van der Waals surface area contributed by atoms with Crippen molar-refractivity contribution in [3.05, 3.63) is 0 Å². The Bertz CT molecular complexity index is 454. The minimum absolute atomic E-state index is 0.286. The molecule has 1 saturated carbocycles. The highest BCUT2D eigenvalue weighted by molar-refractivity contribution is 5.33. The zero-order chi connectivity index (χ0) is 18.0. The van der Waals surface area contributed by atoms with Gasteiger partial charge >= 0.3 is 0 Å². The number of hydrogen-bond acceptors (Lipinski definition) is 6. The summed E-state index contributed by atoms with van der Waals surface area (Å²) in [6, 6.07) is 0.286. The van der Waals surface area contributed by atoms with Crippen LogP contribution in [0.3, 0.4) is 0 Å². The van der Waals surface area contributed by atoms with Crippen LogP contribution >= 0.6 is 0 Å². The molecule has 0 amide bonds. The lowest BCUT2D eigenvalue weighted by Crippen LogP contribution is -2.14. The van der Waals surface area contributed by atoms with E-state index in [4.69, 9.17) is 0 Å². The van der Waals surface area contributed by atoms with Gasteiger partial charge in [0.25, 0.3) is 0 Å². The van der Waals surface area contributed by atoms with E-state index in [1.165, 1.54) is 18.9 Å². The largest absolute Gasteiger partial charge is 0.235 e. The van der Waals surface area contributed by atoms with Crippen LogP contribution in [0.2, 0.25) is 0 Å². The molecular formula is C18H29N3O3. The van der Waals surface area contributed by atoms with Crippen molar-refractivity contribution in [2.45, 2.75) is 71.3 Å². The molecule has 0 aromatic carbocycles. The number of hydrogen-bond donors (Lipinski definition) is 0. The van der Waals surface area contributed by atoms with Crippen molar-refractivity contribution in [1.29, 1.82) is 0 Å². The van der Waals surface area contributed by atoms with E-state index in [0.717, 1.165) is 44.4 Å². The monoisotopic (exact) mass is 335 g/mol. The second-order valence-electron chi connectivity index (χ2n) is 6.34. The first-order chi connectivity index (χ1) is 11.7. The van der Waals surface area contributed by atoms with Crippen LogP contribution in [0.25, 0.3) is 0 Å². The molecule has 0 aliphatic heterocycles. The third-order valence-electron chi connectivity index (χ3n) is 4.28. The summed E-state index contributed by atoms with van der Waals surface area (Å²) in [5.74, 6) is 1.25. The molecule has 134 valence electrons. The number of nitrogens with zero attached hydrogens (tertiary/aromatic N) is 3. The standard InChI is InChI=1S/C10H16N2O2.C8H13NO/c1-2-4-10(7-12-9-14)5-3-6-11-8-13;1-7-2-4-8(5-3-7)9-6-10/h10H,2-7H2,1H3;7-8H,2-5H2,1H3. The molecule has 0 aromatic heterocycles. The van der Waals surface area contributed by atoms with E-state index in [9.17, 15) is 14.4 Å². The van der Waals surface area contributed by atoms with Crippen molar-refractivity contribution in [3.63, 3.8) is 0 Å². The normalized spacial score (nSPS) is 20.2. The topological polar surface area (TPSA) is 88.3 Å². The molecule has 1 aliphatic rings. The predicted octanol–water partition coefficient (Wildman–Crippen LogP) is 3.76. The fraction of sp³-hybridized carbons (Fsp3) is 0.833. The van der Waals surface area contributed by atoms with E-state index in [-0.39, 0.29) is 6.04 Å². The molecule has 0 aromatic rings. The minimum Gasteiger partial charge on any atom is -0.211 e. The average molecular weight is 335 g/mol. The molecule has 1 rings (SSSR count). The zero-order valence-electron chi connectivity index (χ0n) is 14.9. The van der Waals surface area contributed by atoms with E-state index in [0.29, 0.717) is 19.0 Å². The summed E-state index contributed by atoms with van der Waals surface area (Å²) in [6.07, 6.45) is 13.2. The van der Waals surface area contributed by atoms with Crippen LogP contribution in [0.1, 0.15) is 65.2 Å². The van der Waals surface area contributed by atoms with Crippen LogP contribution in [-0.2, 0) is 14.4 Å². The number of carbonyl (C=O) groups excluding carboxylic acids is 3. The quantitative estimate of drug-likeness (QED) is 0.365. The van der Waals surface area contributed by atoms with Gasteiger partial charge in [0.2, 0.25) is 18.2 Å². The molecule has 1 unspecified atom stereocenters. The van der Waals surface area contributed by atoms with Gasteiger partial charge in [-0.2, -0.15) is 0 Å². The minimum atomic E-state index is 0.286. The van der Waals surface area contributed by atoms with E-state index in [2.05, 4.69) is 28.8 Å². The van der Waals surface area contributed by atoms with Gasteiger partial charge in [-0.05, 0) is 56.8 Å². The summed E-state index contributed by atoms with van der Waals surface area (Å²) >= 11 is 0. The summed E-state index contributed by atoms with van der Waals surface area (Å²) in [4.78, 5) is 40.3. The molecule has 1 fully saturated rings. The van der Waals surface area contributed by atoms with Gasteiger partial charge in [-0.25, -0.2) is 29.4 Å². The first kappa shape index (κ1) is 22.1. The van der Waals surface area contributed by atoms with Crippen molar-refractivity contribution in [2.24, 2.45) is 26.8 Å². The first-order valence-corrected chi connectivity index (χ1v) is 8.82. The molecule has 6 heteroatoms. The smallest absolute Gasteiger partial charge is 0.211 e. The highest BCUT2D eigenvalue weighted by Crippen LogP contribution is 2.24. The van der Waals surface area contributed by atoms with Gasteiger partial charge in [-0.1, -0.05) is 20.3 Å². The highest BCUT2D eigenvalue weighted by atomic mass is 16.1. The fourth-order valence-corrected chi connectivity index (χ4v) is 2.85. The summed E-state index contributed by atoms with van der Waals surface area (Å²) < 4.78 is 0. The summed E-state index contributed by atoms with van der Waals surface area (Å²) in [5, 5.41) is 0. The molecule has 6 nitrogen and oxygen atoms in total. The van der Waals surface area contributed by atoms with Crippen LogP contribution in [0, 0.1) is 11.8 Å². The Labute approximate surface area is 144 Å². The number of aliphatic imine (C=N–C) groups is 3. The van der Waals surface area contributed by atoms with Crippen LogP contribution in [0.5, 0.6) is 0 Å². The summed E-state index contributed by atoms with van der Waals surface area (Å²) in [7, 11) is 0. The zero-order valence-corrected chi connectivity index (χ0v) is 14.9. The number of isocyanates is 3. The van der Waals surface area contributed by atoms with E-state index in [1.807, 2.05) is 0 Å². The lowest BCUT2D eigenvalue weighted by atomic mass is 9.88. The van der Waals surface area contributed by atoms with Gasteiger partial charge in [0, 0.05) is 0 Å². The van der Waals surface area contributed by atoms with E-state index >= 15 is 0 Å². The Balaban J connectivity index is 0.000000463. The lowest BCUT2D eigenvalue weighted by Gasteiger charge is -2.21. The second-order valence-corrected chi connectivity index (χ2v) is 6.34. The van der Waals surface area contributed by atoms with Crippen LogP contribution in [0.15, 0.2) is 15.0 Å². The van der Waals surface area contributed by atoms with Crippen LogP contribution < -0.4 is 0 Å². The van der Waals surface area contributed by atoms with Crippen LogP contribution in [0.4, 0.5) is 0 Å². The molecule has 0 N–H and O–H groups in total. The van der Waals surface area contributed by atoms with Gasteiger partial charge in [0.15, 0.2) is 0 Å². The first-order valence-electron chi connectivity index (χ1n) is 8.82. The van der Waals surface area contributed by atoms with Crippen molar-refractivity contribution >= 4 is 18.2 Å². The summed E-state index contributed by atoms with van der Waals surface area (Å²) in [6.45, 7) is 5.42. The SMILES string of the molecule is CC1CCC(N=C=O)CC1.CCCC(CCCN=C=O)CN=C=O. The van der Waals surface area contributed by atoms with Gasteiger partial charge in [-0.15, -0.1) is 0 Å². The van der Waals surface area contributed by atoms with Gasteiger partial charge in [0.1, 0.15) is 0 Å². The molecule has 0 radical (unpaired) electrons. The maximum atomic E-state index is 9.93. The lowest BCUT2D eigenvalue weighted by molar-refractivity contribution is 0.348. The average Bonchev–Trinajstić information content (AvgIpc) is 2.59. The molecule has 24 heavy (non-hydrogen) atoms. The van der Waals surface area contributed by atoms with Crippen LogP contribution in [-0.4, -0.2) is 37.4 Å². The predicted molar refractivity (Wildman–Crippen MR) is 93.2 cm³/mol. The molecule has 0 heterocycles. The fourth-order valence-electron chi connectivity index (χ4n) is 2.85. The number of rotatable bonds is 9. The Morgan fingerprint density at radius 3 is 2.17 bits per heavy atom. The highest BCUT2D eigenvalue weighted by Gasteiger charge is 2.16. The Hall–Kier alpha value is -1.86. The molecule has 0 bridgehead atoms. The molecule has 0 saturated heterocycles. The maximum absolute atomic E-state index is 9.93. The van der Waals surface area contributed by atoms with Crippen molar-refractivity contribution in [1.82, 2.24) is 0 Å². The van der Waals surface area contributed by atoms with Crippen molar-refractivity contribution in [2.75, 3.05) is 13.1 Å². The Morgan fingerprint density at radius 1 is 0.958 bits per heavy atom. The third kappa shape index (κ3) is 12.7. The van der Waals surface area contributed by atoms with E-state index in [1.54, 1.807) is 12.2 Å². The van der Waals surface area contributed by atoms with Gasteiger partial charge in [-0.3, -0.25) is 0 Å². The third-order valence-corrected chi connectivity index (χ3v) is 4.28.